The molecule has 55 heavy (non-hydrogen) atoms. The van der Waals surface area contributed by atoms with Crippen molar-refractivity contribution in [3.8, 4) is 0 Å². The van der Waals surface area contributed by atoms with Crippen LogP contribution in [0, 0.1) is 23.2 Å². The number of benzene rings is 1. The zero-order valence-corrected chi connectivity index (χ0v) is 35.4. The number of likely N-dealkylation sites (N-methyl/N-ethyl adjacent to an activating group) is 2. The molecule has 2 aromatic rings. The van der Waals surface area contributed by atoms with Crippen molar-refractivity contribution in [2.45, 2.75) is 137 Å². The molecule has 306 valence electrons. The summed E-state index contributed by atoms with van der Waals surface area (Å²) in [6.07, 6.45) is 3.64. The van der Waals surface area contributed by atoms with Gasteiger partial charge in [-0.1, -0.05) is 98.6 Å². The van der Waals surface area contributed by atoms with Crippen molar-refractivity contribution in [1.29, 1.82) is 0 Å². The van der Waals surface area contributed by atoms with Gasteiger partial charge in [-0.3, -0.25) is 28.9 Å². The summed E-state index contributed by atoms with van der Waals surface area (Å²) in [4.78, 5) is 75.0. The average Bonchev–Trinajstić information content (AvgIpc) is 3.61. The first-order valence-corrected chi connectivity index (χ1v) is 20.7. The molecule has 0 unspecified atom stereocenters. The number of piperidine rings is 1. The van der Waals surface area contributed by atoms with E-state index in [1.165, 1.54) is 11.3 Å². The smallest absolute Gasteiger partial charge is 0.307 e. The van der Waals surface area contributed by atoms with Crippen LogP contribution in [-0.2, 0) is 30.3 Å². The van der Waals surface area contributed by atoms with Gasteiger partial charge in [0.05, 0.1) is 18.4 Å². The van der Waals surface area contributed by atoms with Crippen LogP contribution in [0.5, 0.6) is 0 Å². The first kappa shape index (κ1) is 45.5. The molecule has 3 N–H and O–H groups in total. The highest BCUT2D eigenvalue weighted by Gasteiger charge is 2.38. The lowest BCUT2D eigenvalue weighted by molar-refractivity contribution is -0.153. The maximum absolute atomic E-state index is 14.3. The van der Waals surface area contributed by atoms with Gasteiger partial charge in [-0.25, -0.2) is 4.98 Å². The Morgan fingerprint density at radius 1 is 1.04 bits per heavy atom. The Labute approximate surface area is 332 Å². The number of amides is 3. The van der Waals surface area contributed by atoms with E-state index >= 15 is 0 Å². The number of ether oxygens (including phenoxy) is 1. The molecular weight excluding hydrogens is 719 g/mol. The predicted octanol–water partition coefficient (Wildman–Crippen LogP) is 6.50. The minimum absolute atomic E-state index is 0.0618. The molecular formula is C42H65N5O7S. The predicted molar refractivity (Wildman–Crippen MR) is 216 cm³/mol. The Balaban J connectivity index is 1.89. The standard InChI is InChI=1S/C42H65N5O7S/c1-11-27(4)36(45-38(50)32-19-15-16-20-46(32)9)40(51)47(10)33(26(2)3)23-34(54-35(48)24-42(6,7)8)39-44-31(25-55-39)37(49)43-30(21-28(5)41(52)53)22-29-17-13-12-14-18-29/h12-14,17-18,25-28,30,32-34,36H,11,15-16,19-24H2,1-10H3,(H,43,49)(H,45,50)(H,52,53)/t27-,28-,30+,32+,33+,34+,36-/m0/s1. The Hall–Kier alpha value is -3.84. The number of carbonyl (C=O) groups excluding carboxylic acids is 4. The van der Waals surface area contributed by atoms with Gasteiger partial charge < -0.3 is 25.4 Å². The van der Waals surface area contributed by atoms with Crippen molar-refractivity contribution < 1.29 is 33.8 Å². The van der Waals surface area contributed by atoms with E-state index in [0.717, 1.165) is 31.4 Å². The van der Waals surface area contributed by atoms with Gasteiger partial charge in [-0.2, -0.15) is 0 Å². The maximum Gasteiger partial charge on any atom is 0.307 e. The second-order valence-electron chi connectivity index (χ2n) is 17.0. The molecule has 3 amide bonds. The Morgan fingerprint density at radius 3 is 2.29 bits per heavy atom. The summed E-state index contributed by atoms with van der Waals surface area (Å²) < 4.78 is 6.14. The Kier molecular flexibility index (Phi) is 17.3. The number of carboxylic acid groups (broad SMARTS) is 1. The molecule has 1 fully saturated rings. The van der Waals surface area contributed by atoms with Gasteiger partial charge in [0.2, 0.25) is 11.8 Å². The van der Waals surface area contributed by atoms with E-state index in [1.54, 1.807) is 24.3 Å². The number of carbonyl (C=O) groups is 5. The second kappa shape index (κ2) is 20.9. The largest absolute Gasteiger partial charge is 0.481 e. The summed E-state index contributed by atoms with van der Waals surface area (Å²) in [7, 11) is 3.68. The van der Waals surface area contributed by atoms with E-state index in [0.29, 0.717) is 17.8 Å². The molecule has 0 aliphatic carbocycles. The molecule has 0 radical (unpaired) electrons. The number of nitrogens with one attached hydrogen (secondary N) is 2. The van der Waals surface area contributed by atoms with Gasteiger partial charge in [-0.05, 0) is 62.1 Å². The van der Waals surface area contributed by atoms with E-state index in [4.69, 9.17) is 4.74 Å². The van der Waals surface area contributed by atoms with Crippen molar-refractivity contribution in [3.63, 3.8) is 0 Å². The second-order valence-corrected chi connectivity index (χ2v) is 17.9. The van der Waals surface area contributed by atoms with Gasteiger partial charge in [0.25, 0.3) is 5.91 Å². The molecule has 0 bridgehead atoms. The summed E-state index contributed by atoms with van der Waals surface area (Å²) in [6, 6.07) is 7.68. The molecule has 0 spiro atoms. The van der Waals surface area contributed by atoms with Gasteiger partial charge in [0.1, 0.15) is 16.7 Å². The van der Waals surface area contributed by atoms with Crippen molar-refractivity contribution in [3.05, 3.63) is 52.0 Å². The lowest BCUT2D eigenvalue weighted by Gasteiger charge is -2.38. The number of aromatic nitrogens is 1. The Morgan fingerprint density at radius 2 is 1.71 bits per heavy atom. The third kappa shape index (κ3) is 14.0. The van der Waals surface area contributed by atoms with Crippen LogP contribution >= 0.6 is 11.3 Å². The van der Waals surface area contributed by atoms with Crippen LogP contribution in [0.1, 0.15) is 127 Å². The number of rotatable bonds is 19. The lowest BCUT2D eigenvalue weighted by atomic mass is 9.92. The van der Waals surface area contributed by atoms with Crippen LogP contribution in [0.3, 0.4) is 0 Å². The fraction of sp³-hybridized carbons (Fsp3) is 0.667. The molecule has 1 aromatic carbocycles. The highest BCUT2D eigenvalue weighted by molar-refractivity contribution is 7.09. The first-order valence-electron chi connectivity index (χ1n) is 19.8. The summed E-state index contributed by atoms with van der Waals surface area (Å²) in [5.74, 6) is -3.02. The van der Waals surface area contributed by atoms with E-state index in [-0.39, 0.29) is 60.1 Å². The number of carboxylic acids is 1. The monoisotopic (exact) mass is 783 g/mol. The normalized spacial score (nSPS) is 18.3. The summed E-state index contributed by atoms with van der Waals surface area (Å²) in [6.45, 7) is 16.3. The number of likely N-dealkylation sites (tertiary alicyclic amines) is 1. The number of aliphatic carboxylic acids is 1. The molecule has 13 heteroatoms. The van der Waals surface area contributed by atoms with Gasteiger partial charge in [0.15, 0.2) is 6.10 Å². The summed E-state index contributed by atoms with van der Waals surface area (Å²) >= 11 is 1.20. The molecule has 1 saturated heterocycles. The van der Waals surface area contributed by atoms with Crippen LogP contribution in [0.15, 0.2) is 35.7 Å². The number of esters is 1. The average molecular weight is 784 g/mol. The van der Waals surface area contributed by atoms with E-state index in [1.807, 2.05) is 85.8 Å². The van der Waals surface area contributed by atoms with Crippen molar-refractivity contribution in [1.82, 2.24) is 25.4 Å². The number of hydrogen-bond donors (Lipinski definition) is 3. The van der Waals surface area contributed by atoms with E-state index in [9.17, 15) is 29.1 Å². The topological polar surface area (TPSA) is 158 Å². The number of thiazole rings is 1. The SMILES string of the molecule is CC[C@H](C)[C@H](NC(=O)[C@H]1CCCCN1C)C(=O)N(C)[C@H](C[C@@H](OC(=O)CC(C)(C)C)c1nc(C(=O)N[C@@H](Cc2ccccc2)C[C@H](C)C(=O)O)cs1)C(C)C. The maximum atomic E-state index is 14.3. The van der Waals surface area contributed by atoms with Crippen LogP contribution in [-0.4, -0.2) is 94.4 Å². The van der Waals surface area contributed by atoms with Crippen LogP contribution < -0.4 is 10.6 Å². The zero-order valence-electron chi connectivity index (χ0n) is 34.6. The molecule has 2 heterocycles. The number of nitrogens with zero attached hydrogens (tertiary/aromatic N) is 3. The molecule has 1 aliphatic rings. The minimum atomic E-state index is -0.944. The quantitative estimate of drug-likeness (QED) is 0.135. The van der Waals surface area contributed by atoms with Crippen LogP contribution in [0.2, 0.25) is 0 Å². The molecule has 0 saturated carbocycles. The zero-order chi connectivity index (χ0) is 41.0. The van der Waals surface area contributed by atoms with Crippen LogP contribution in [0.4, 0.5) is 0 Å². The lowest BCUT2D eigenvalue weighted by Crippen LogP contribution is -2.58. The Bertz CT molecular complexity index is 1580. The van der Waals surface area contributed by atoms with Gasteiger partial charge in [0, 0.05) is 30.9 Å². The van der Waals surface area contributed by atoms with Crippen LogP contribution in [0.25, 0.3) is 0 Å². The summed E-state index contributed by atoms with van der Waals surface area (Å²) in [5.41, 5.74) is 0.759. The molecule has 12 nitrogen and oxygen atoms in total. The molecule has 3 rings (SSSR count). The fourth-order valence-electron chi connectivity index (χ4n) is 7.07. The fourth-order valence-corrected chi connectivity index (χ4v) is 7.91. The number of hydrogen-bond acceptors (Lipinski definition) is 9. The van der Waals surface area contributed by atoms with Gasteiger partial charge in [-0.15, -0.1) is 11.3 Å². The first-order chi connectivity index (χ1) is 25.8. The molecule has 7 atom stereocenters. The third-order valence-electron chi connectivity index (χ3n) is 10.6. The van der Waals surface area contributed by atoms with Crippen molar-refractivity contribution in [2.24, 2.45) is 23.2 Å². The molecule has 1 aliphatic heterocycles. The van der Waals surface area contributed by atoms with Gasteiger partial charge >= 0.3 is 11.9 Å². The van der Waals surface area contributed by atoms with E-state index < -0.39 is 48.0 Å². The summed E-state index contributed by atoms with van der Waals surface area (Å²) in [5, 5.41) is 17.7. The highest BCUT2D eigenvalue weighted by atomic mass is 32.1. The minimum Gasteiger partial charge on any atom is -0.481 e. The highest BCUT2D eigenvalue weighted by Crippen LogP contribution is 2.33. The van der Waals surface area contributed by atoms with Crippen molar-refractivity contribution in [2.75, 3.05) is 20.6 Å². The molecule has 1 aromatic heterocycles. The van der Waals surface area contributed by atoms with Crippen molar-refractivity contribution >= 4 is 41.0 Å². The third-order valence-corrected chi connectivity index (χ3v) is 11.6. The van der Waals surface area contributed by atoms with E-state index in [2.05, 4.69) is 20.5 Å².